The number of anilines is 1. The maximum Gasteiger partial charge on any atom is 0.269 e. The lowest BCUT2D eigenvalue weighted by Crippen LogP contribution is -2.57. The Kier molecular flexibility index (Phi) is 6.99. The number of rotatable bonds is 9. The average Bonchev–Trinajstić information content (AvgIpc) is 2.71. The summed E-state index contributed by atoms with van der Waals surface area (Å²) in [5.74, 6) is -1.38. The third-order valence-electron chi connectivity index (χ3n) is 4.21. The standard InChI is InChI=1S/C19H22N6O4/c20-18(21)23-12-4-11-19(22,16(26)13-5-2-1-3-6-13)17(27)24-14-7-9-15(10-8-14)25(28)29/h1-3,5-10H,4,11-12,22H2,(H,24,27)(H4,20,21,23). The first-order valence-electron chi connectivity index (χ1n) is 8.74. The summed E-state index contributed by atoms with van der Waals surface area (Å²) in [6.07, 6.45) is 0.289. The van der Waals surface area contributed by atoms with Gasteiger partial charge in [0.2, 0.25) is 0 Å². The normalized spacial score (nSPS) is 12.4. The lowest BCUT2D eigenvalue weighted by atomic mass is 9.84. The van der Waals surface area contributed by atoms with Gasteiger partial charge in [0.25, 0.3) is 11.6 Å². The average molecular weight is 398 g/mol. The van der Waals surface area contributed by atoms with Crippen LogP contribution in [0.25, 0.3) is 0 Å². The number of carbonyl (C=O) groups excluding carboxylic acids is 2. The van der Waals surface area contributed by atoms with Crippen LogP contribution in [0.4, 0.5) is 11.4 Å². The summed E-state index contributed by atoms with van der Waals surface area (Å²) in [4.78, 5) is 40.0. The molecule has 0 aromatic heterocycles. The predicted molar refractivity (Wildman–Crippen MR) is 109 cm³/mol. The number of ketones is 1. The van der Waals surface area contributed by atoms with E-state index < -0.39 is 22.2 Å². The number of benzene rings is 2. The van der Waals surface area contributed by atoms with Crippen molar-refractivity contribution in [3.8, 4) is 0 Å². The second-order valence-corrected chi connectivity index (χ2v) is 6.33. The highest BCUT2D eigenvalue weighted by Crippen LogP contribution is 2.21. The molecule has 0 aliphatic carbocycles. The Balaban J connectivity index is 2.24. The Morgan fingerprint density at radius 1 is 1.07 bits per heavy atom. The number of carbonyl (C=O) groups is 2. The Hall–Kier alpha value is -3.79. The number of hydrogen-bond donors (Lipinski definition) is 4. The van der Waals surface area contributed by atoms with Gasteiger partial charge in [0.1, 0.15) is 0 Å². The Bertz CT molecular complexity index is 910. The van der Waals surface area contributed by atoms with E-state index in [0.29, 0.717) is 6.42 Å². The number of hydrogen-bond acceptors (Lipinski definition) is 6. The molecule has 0 heterocycles. The van der Waals surface area contributed by atoms with E-state index in [-0.39, 0.29) is 35.9 Å². The zero-order valence-corrected chi connectivity index (χ0v) is 15.6. The van der Waals surface area contributed by atoms with E-state index in [0.717, 1.165) is 0 Å². The summed E-state index contributed by atoms with van der Waals surface area (Å²) in [5, 5.41) is 13.3. The fourth-order valence-corrected chi connectivity index (χ4v) is 2.65. The summed E-state index contributed by atoms with van der Waals surface area (Å²) in [6, 6.07) is 13.4. The summed E-state index contributed by atoms with van der Waals surface area (Å²) in [6.45, 7) is 0.203. The Morgan fingerprint density at radius 3 is 2.24 bits per heavy atom. The number of Topliss-reactive ketones (excluding diaryl/α,β-unsaturated/α-hetero) is 1. The van der Waals surface area contributed by atoms with Crippen LogP contribution in [0.5, 0.6) is 0 Å². The maximum atomic E-state index is 13.0. The van der Waals surface area contributed by atoms with E-state index in [1.54, 1.807) is 30.3 Å². The molecule has 0 spiro atoms. The van der Waals surface area contributed by atoms with E-state index in [9.17, 15) is 19.7 Å². The monoisotopic (exact) mass is 398 g/mol. The van der Waals surface area contributed by atoms with Crippen molar-refractivity contribution in [2.45, 2.75) is 18.4 Å². The van der Waals surface area contributed by atoms with Crippen molar-refractivity contribution >= 4 is 29.0 Å². The zero-order valence-electron chi connectivity index (χ0n) is 15.6. The van der Waals surface area contributed by atoms with Gasteiger partial charge in [0.15, 0.2) is 17.3 Å². The van der Waals surface area contributed by atoms with Crippen LogP contribution in [0, 0.1) is 10.1 Å². The molecule has 2 aromatic rings. The molecular formula is C19H22N6O4. The van der Waals surface area contributed by atoms with Crippen molar-refractivity contribution in [1.29, 1.82) is 0 Å². The number of guanidine groups is 1. The van der Waals surface area contributed by atoms with E-state index >= 15 is 0 Å². The predicted octanol–water partition coefficient (Wildman–Crippen LogP) is 1.17. The van der Waals surface area contributed by atoms with Gasteiger partial charge in [-0.05, 0) is 25.0 Å². The molecule has 1 unspecified atom stereocenters. The van der Waals surface area contributed by atoms with Crippen molar-refractivity contribution in [3.05, 3.63) is 70.3 Å². The number of nitrogens with two attached hydrogens (primary N) is 3. The van der Waals surface area contributed by atoms with Crippen LogP contribution in [0.1, 0.15) is 23.2 Å². The topological polar surface area (TPSA) is 180 Å². The second kappa shape index (κ2) is 9.42. The Labute approximate surface area is 166 Å². The van der Waals surface area contributed by atoms with Gasteiger partial charge in [0.05, 0.1) is 4.92 Å². The molecule has 0 aliphatic rings. The summed E-state index contributed by atoms with van der Waals surface area (Å²) in [7, 11) is 0. The van der Waals surface area contributed by atoms with Crippen molar-refractivity contribution in [3.63, 3.8) is 0 Å². The minimum Gasteiger partial charge on any atom is -0.370 e. The quantitative estimate of drug-likeness (QED) is 0.0930. The van der Waals surface area contributed by atoms with Crippen LogP contribution in [-0.4, -0.2) is 34.7 Å². The van der Waals surface area contributed by atoms with Gasteiger partial charge >= 0.3 is 0 Å². The first-order valence-corrected chi connectivity index (χ1v) is 8.74. The molecule has 1 atom stereocenters. The van der Waals surface area contributed by atoms with Crippen molar-refractivity contribution < 1.29 is 14.5 Å². The fourth-order valence-electron chi connectivity index (χ4n) is 2.65. The van der Waals surface area contributed by atoms with Gasteiger partial charge in [-0.1, -0.05) is 30.3 Å². The molecule has 0 saturated heterocycles. The van der Waals surface area contributed by atoms with E-state index in [4.69, 9.17) is 17.2 Å². The Morgan fingerprint density at radius 2 is 1.69 bits per heavy atom. The van der Waals surface area contributed by atoms with Gasteiger partial charge in [-0.2, -0.15) is 0 Å². The number of nitro benzene ring substituents is 1. The van der Waals surface area contributed by atoms with Crippen LogP contribution in [0.3, 0.4) is 0 Å². The van der Waals surface area contributed by atoms with E-state index in [2.05, 4.69) is 10.3 Å². The van der Waals surface area contributed by atoms with Crippen LogP contribution in [-0.2, 0) is 4.79 Å². The third-order valence-corrected chi connectivity index (χ3v) is 4.21. The molecule has 10 heteroatoms. The molecule has 10 nitrogen and oxygen atoms in total. The van der Waals surface area contributed by atoms with Gasteiger partial charge < -0.3 is 22.5 Å². The number of aliphatic imine (C=N–C) groups is 1. The molecule has 0 fully saturated rings. The highest BCUT2D eigenvalue weighted by atomic mass is 16.6. The molecule has 0 aliphatic heterocycles. The van der Waals surface area contributed by atoms with Crippen molar-refractivity contribution in [2.75, 3.05) is 11.9 Å². The smallest absolute Gasteiger partial charge is 0.269 e. The number of non-ortho nitro benzene ring substituents is 1. The van der Waals surface area contributed by atoms with Crippen LogP contribution in [0.15, 0.2) is 59.6 Å². The molecule has 29 heavy (non-hydrogen) atoms. The van der Waals surface area contributed by atoms with Crippen LogP contribution in [0.2, 0.25) is 0 Å². The van der Waals surface area contributed by atoms with E-state index in [1.165, 1.54) is 24.3 Å². The van der Waals surface area contributed by atoms with Gasteiger partial charge in [-0.25, -0.2) is 0 Å². The fraction of sp³-hybridized carbons (Fsp3) is 0.211. The summed E-state index contributed by atoms with van der Waals surface area (Å²) < 4.78 is 0. The van der Waals surface area contributed by atoms with Gasteiger partial charge in [0, 0.05) is 29.9 Å². The lowest BCUT2D eigenvalue weighted by Gasteiger charge is -2.27. The van der Waals surface area contributed by atoms with Gasteiger partial charge in [-0.15, -0.1) is 0 Å². The molecule has 0 radical (unpaired) electrons. The first kappa shape index (κ1) is 21.5. The molecule has 7 N–H and O–H groups in total. The maximum absolute atomic E-state index is 13.0. The number of amides is 1. The summed E-state index contributed by atoms with van der Waals surface area (Å²) >= 11 is 0. The minimum absolute atomic E-state index is 0.00365. The van der Waals surface area contributed by atoms with Crippen molar-refractivity contribution in [2.24, 2.45) is 22.2 Å². The molecule has 1 amide bonds. The van der Waals surface area contributed by atoms with E-state index in [1.807, 2.05) is 0 Å². The molecule has 2 rings (SSSR count). The largest absolute Gasteiger partial charge is 0.370 e. The lowest BCUT2D eigenvalue weighted by molar-refractivity contribution is -0.384. The number of nitrogens with zero attached hydrogens (tertiary/aromatic N) is 2. The van der Waals surface area contributed by atoms with Crippen LogP contribution >= 0.6 is 0 Å². The van der Waals surface area contributed by atoms with Gasteiger partial charge in [-0.3, -0.25) is 24.7 Å². The van der Waals surface area contributed by atoms with Crippen LogP contribution < -0.4 is 22.5 Å². The molecule has 152 valence electrons. The summed E-state index contributed by atoms with van der Waals surface area (Å²) in [5.41, 5.74) is 15.4. The second-order valence-electron chi connectivity index (χ2n) is 6.33. The highest BCUT2D eigenvalue weighted by molar-refractivity contribution is 6.21. The van der Waals surface area contributed by atoms with Crippen molar-refractivity contribution in [1.82, 2.24) is 0 Å². The minimum atomic E-state index is -1.87. The first-order chi connectivity index (χ1) is 13.7. The zero-order chi connectivity index (χ0) is 21.4. The number of nitrogens with one attached hydrogen (secondary N) is 1. The SMILES string of the molecule is NC(N)=NCCCC(N)(C(=O)Nc1ccc([N+](=O)[O-])cc1)C(=O)c1ccccc1. The third kappa shape index (κ3) is 5.59. The molecule has 2 aromatic carbocycles. The number of nitro groups is 1. The molecular weight excluding hydrogens is 376 g/mol. The highest BCUT2D eigenvalue weighted by Gasteiger charge is 2.41. The molecule has 0 saturated carbocycles. The molecule has 0 bridgehead atoms.